The Kier molecular flexibility index (Phi) is 19.7. The van der Waals surface area contributed by atoms with Gasteiger partial charge < -0.3 is 47.9 Å². The standard InChI is InChI=1S/C63H67NO9/c1-65-63-62(72-45-53-35-21-8-22-36-53)61(71-44-52-33-19-7-20-34-52)59(69-42-50-29-15-5-16-30-50)56(73-63)38-64-55-37-54(46-66-39-47-23-9-2-10-24-47)57(67-40-48-25-11-3-12-26-48)60(70-43-51-31-17-6-18-32-51)58(55)68-41-49-27-13-4-14-28-49/h2-37,55-64H,38-46H2,1H3/t55-,56-,57-,58+,59-,60+,61+,62-,63+/m1/s1. The van der Waals surface area contributed by atoms with Crippen molar-refractivity contribution in [1.82, 2.24) is 5.32 Å². The lowest BCUT2D eigenvalue weighted by molar-refractivity contribution is -0.316. The molecule has 1 aliphatic heterocycles. The first-order valence-electron chi connectivity index (χ1n) is 25.3. The van der Waals surface area contributed by atoms with E-state index in [-0.39, 0.29) is 0 Å². The topological polar surface area (TPSA) is 95.1 Å². The number of ether oxygens (including phenoxy) is 9. The summed E-state index contributed by atoms with van der Waals surface area (Å²) in [7, 11) is 1.65. The van der Waals surface area contributed by atoms with Crippen molar-refractivity contribution in [1.29, 1.82) is 0 Å². The van der Waals surface area contributed by atoms with Crippen LogP contribution in [-0.4, -0.2) is 75.3 Å². The van der Waals surface area contributed by atoms with Gasteiger partial charge in [-0.05, 0) is 44.5 Å². The second-order valence-corrected chi connectivity index (χ2v) is 18.5. The van der Waals surface area contributed by atoms with Crippen LogP contribution in [-0.2, 0) is 88.9 Å². The largest absolute Gasteiger partial charge is 0.372 e. The minimum absolute atomic E-state index is 0.299. The van der Waals surface area contributed by atoms with Crippen LogP contribution in [0.2, 0.25) is 0 Å². The Hall–Kier alpha value is -6.12. The molecule has 9 rings (SSSR count). The molecule has 7 aromatic rings. The first-order chi connectivity index (χ1) is 36.2. The van der Waals surface area contributed by atoms with Crippen LogP contribution in [0.1, 0.15) is 38.9 Å². The molecule has 1 aliphatic carbocycles. The number of rotatable bonds is 26. The molecule has 0 spiro atoms. The molecule has 0 radical (unpaired) electrons. The van der Waals surface area contributed by atoms with Gasteiger partial charge in [0.1, 0.15) is 42.7 Å². The molecule has 1 fully saturated rings. The molecular formula is C63H67NO9. The van der Waals surface area contributed by atoms with Crippen molar-refractivity contribution in [2.75, 3.05) is 20.3 Å². The first-order valence-corrected chi connectivity index (χ1v) is 25.3. The molecule has 0 unspecified atom stereocenters. The Morgan fingerprint density at radius 3 is 1.11 bits per heavy atom. The lowest BCUT2D eigenvalue weighted by Crippen LogP contribution is -2.64. The average molecular weight is 982 g/mol. The van der Waals surface area contributed by atoms with Crippen LogP contribution in [0, 0.1) is 0 Å². The number of methoxy groups -OCH3 is 1. The Labute approximate surface area is 430 Å². The number of hydrogen-bond acceptors (Lipinski definition) is 10. The Morgan fingerprint density at radius 2 is 0.699 bits per heavy atom. The van der Waals surface area contributed by atoms with Crippen LogP contribution in [0.3, 0.4) is 0 Å². The van der Waals surface area contributed by atoms with Gasteiger partial charge in [0.2, 0.25) is 0 Å². The van der Waals surface area contributed by atoms with Crippen molar-refractivity contribution in [3.05, 3.63) is 263 Å². The van der Waals surface area contributed by atoms with Crippen LogP contribution in [0.4, 0.5) is 0 Å². The van der Waals surface area contributed by atoms with Gasteiger partial charge in [0.25, 0.3) is 0 Å². The maximum absolute atomic E-state index is 7.11. The fraction of sp³-hybridized carbons (Fsp3) is 0.302. The summed E-state index contributed by atoms with van der Waals surface area (Å²) in [5, 5.41) is 3.93. The summed E-state index contributed by atoms with van der Waals surface area (Å²) in [6, 6.07) is 70.9. The average Bonchev–Trinajstić information content (AvgIpc) is 3.45. The maximum Gasteiger partial charge on any atom is 0.186 e. The molecular weight excluding hydrogens is 915 g/mol. The minimum Gasteiger partial charge on any atom is -0.372 e. The van der Waals surface area contributed by atoms with E-state index in [2.05, 4.69) is 84.2 Å². The molecule has 0 saturated carbocycles. The minimum atomic E-state index is -0.792. The third-order valence-corrected chi connectivity index (χ3v) is 13.2. The van der Waals surface area contributed by atoms with E-state index >= 15 is 0 Å². The maximum atomic E-state index is 7.11. The smallest absolute Gasteiger partial charge is 0.186 e. The van der Waals surface area contributed by atoms with Crippen molar-refractivity contribution >= 4 is 0 Å². The Bertz CT molecular complexity index is 2630. The van der Waals surface area contributed by atoms with Crippen LogP contribution >= 0.6 is 0 Å². The molecule has 0 bridgehead atoms. The molecule has 1 saturated heterocycles. The summed E-state index contributed by atoms with van der Waals surface area (Å²) in [4.78, 5) is 0. The molecule has 1 N–H and O–H groups in total. The van der Waals surface area contributed by atoms with Crippen molar-refractivity contribution in [2.24, 2.45) is 0 Å². The van der Waals surface area contributed by atoms with Gasteiger partial charge in [-0.25, -0.2) is 0 Å². The monoisotopic (exact) mass is 981 g/mol. The van der Waals surface area contributed by atoms with Crippen LogP contribution < -0.4 is 5.32 Å². The van der Waals surface area contributed by atoms with E-state index in [1.807, 2.05) is 140 Å². The highest BCUT2D eigenvalue weighted by atomic mass is 16.7. The highest BCUT2D eigenvalue weighted by Crippen LogP contribution is 2.34. The van der Waals surface area contributed by atoms with Crippen molar-refractivity contribution in [2.45, 2.75) is 101 Å². The van der Waals surface area contributed by atoms with Gasteiger partial charge in [0.15, 0.2) is 6.29 Å². The number of nitrogens with one attached hydrogen (secondary N) is 1. The molecule has 0 amide bonds. The van der Waals surface area contributed by atoms with Crippen LogP contribution in [0.25, 0.3) is 0 Å². The zero-order valence-electron chi connectivity index (χ0n) is 41.5. The third kappa shape index (κ3) is 15.2. The molecule has 378 valence electrons. The van der Waals surface area contributed by atoms with E-state index in [0.717, 1.165) is 44.5 Å². The summed E-state index contributed by atoms with van der Waals surface area (Å²) >= 11 is 0. The van der Waals surface area contributed by atoms with Gasteiger partial charge in [-0.2, -0.15) is 0 Å². The van der Waals surface area contributed by atoms with Crippen molar-refractivity contribution < 1.29 is 42.6 Å². The third-order valence-electron chi connectivity index (χ3n) is 13.2. The highest BCUT2D eigenvalue weighted by Gasteiger charge is 2.50. The van der Waals surface area contributed by atoms with E-state index in [9.17, 15) is 0 Å². The first kappa shape index (κ1) is 51.8. The second kappa shape index (κ2) is 27.8. The molecule has 1 heterocycles. The second-order valence-electron chi connectivity index (χ2n) is 18.5. The lowest BCUT2D eigenvalue weighted by Gasteiger charge is -2.47. The quantitative estimate of drug-likeness (QED) is 0.0529. The summed E-state index contributed by atoms with van der Waals surface area (Å²) in [6.07, 6.45) is -2.67. The lowest BCUT2D eigenvalue weighted by atomic mass is 9.87. The van der Waals surface area contributed by atoms with E-state index in [1.165, 1.54) is 0 Å². The fourth-order valence-corrected chi connectivity index (χ4v) is 9.40. The van der Waals surface area contributed by atoms with Gasteiger partial charge >= 0.3 is 0 Å². The molecule has 2 aliphatic rings. The van der Waals surface area contributed by atoms with Gasteiger partial charge in [-0.3, -0.25) is 0 Å². The molecule has 10 heteroatoms. The summed E-state index contributed by atoms with van der Waals surface area (Å²) in [5.41, 5.74) is 8.22. The molecule has 9 atom stereocenters. The summed E-state index contributed by atoms with van der Waals surface area (Å²) in [5.74, 6) is 0. The predicted molar refractivity (Wildman–Crippen MR) is 282 cm³/mol. The van der Waals surface area contributed by atoms with E-state index in [0.29, 0.717) is 59.4 Å². The molecule has 73 heavy (non-hydrogen) atoms. The number of benzene rings is 7. The van der Waals surface area contributed by atoms with Crippen LogP contribution in [0.15, 0.2) is 224 Å². The Morgan fingerprint density at radius 1 is 0.356 bits per heavy atom. The summed E-state index contributed by atoms with van der Waals surface area (Å²) in [6.45, 7) is 3.08. The van der Waals surface area contributed by atoms with Crippen LogP contribution in [0.5, 0.6) is 0 Å². The van der Waals surface area contributed by atoms with Crippen molar-refractivity contribution in [3.8, 4) is 0 Å². The number of hydrogen-bond donors (Lipinski definition) is 1. The zero-order chi connectivity index (χ0) is 49.7. The van der Waals surface area contributed by atoms with Crippen molar-refractivity contribution in [3.63, 3.8) is 0 Å². The van der Waals surface area contributed by atoms with Gasteiger partial charge in [-0.1, -0.05) is 218 Å². The van der Waals surface area contributed by atoms with E-state index < -0.39 is 55.1 Å². The predicted octanol–water partition coefficient (Wildman–Crippen LogP) is 11.0. The zero-order valence-corrected chi connectivity index (χ0v) is 41.5. The molecule has 0 aromatic heterocycles. The molecule has 10 nitrogen and oxygen atoms in total. The SMILES string of the molecule is CO[C@H]1O[C@H](CN[C@@H]2C=C(COCc3ccccc3)[C@@H](OCc3ccccc3)[C@H](OCc3ccccc3)[C@H]2OCc2ccccc2)[C@@H](OCc2ccccc2)[C@H](OCc2ccccc2)[C@H]1OCc1ccccc1. The fourth-order valence-electron chi connectivity index (χ4n) is 9.40. The van der Waals surface area contributed by atoms with Gasteiger partial charge in [-0.15, -0.1) is 0 Å². The van der Waals surface area contributed by atoms with E-state index in [1.54, 1.807) is 7.11 Å². The summed E-state index contributed by atoms with van der Waals surface area (Å²) < 4.78 is 61.7. The van der Waals surface area contributed by atoms with Gasteiger partial charge in [0, 0.05) is 13.7 Å². The Balaban J connectivity index is 1.07. The normalized spacial score (nSPS) is 22.9. The van der Waals surface area contributed by atoms with Gasteiger partial charge in [0.05, 0.1) is 58.9 Å². The highest BCUT2D eigenvalue weighted by molar-refractivity contribution is 5.26. The molecule has 7 aromatic carbocycles. The van der Waals surface area contributed by atoms with E-state index in [4.69, 9.17) is 42.6 Å².